The van der Waals surface area contributed by atoms with E-state index in [0.717, 1.165) is 51.7 Å². The Morgan fingerprint density at radius 2 is 1.14 bits per heavy atom. The third-order valence-corrected chi connectivity index (χ3v) is 7.79. The molecule has 6 nitrogen and oxygen atoms in total. The molecule has 222 valence electrons. The van der Waals surface area contributed by atoms with E-state index in [4.69, 9.17) is 4.74 Å². The minimum absolute atomic E-state index is 0.228. The second-order valence-corrected chi connectivity index (χ2v) is 12.2. The van der Waals surface area contributed by atoms with Crippen molar-refractivity contribution in [3.63, 3.8) is 0 Å². The van der Waals surface area contributed by atoms with E-state index in [0.29, 0.717) is 0 Å². The number of fused-ring (bicyclic) bond motifs is 2. The number of aromatic nitrogens is 2. The number of benzene rings is 4. The van der Waals surface area contributed by atoms with Gasteiger partial charge in [-0.3, -0.25) is 0 Å². The van der Waals surface area contributed by atoms with Crippen LogP contribution in [0.1, 0.15) is 55.9 Å². The number of amides is 1. The van der Waals surface area contributed by atoms with Crippen molar-refractivity contribution in [2.24, 2.45) is 5.10 Å². The van der Waals surface area contributed by atoms with Crippen LogP contribution in [0.5, 0.6) is 0 Å². The molecule has 0 spiro atoms. The molecule has 0 aliphatic carbocycles. The Morgan fingerprint density at radius 1 is 0.705 bits per heavy atom. The van der Waals surface area contributed by atoms with E-state index >= 15 is 0 Å². The monoisotopic (exact) mass is 582 g/mol. The van der Waals surface area contributed by atoms with E-state index in [-0.39, 0.29) is 5.92 Å². The fraction of sp³-hybridized carbons (Fsp3) is 0.211. The number of hydrogen-bond acceptors (Lipinski definition) is 3. The third kappa shape index (κ3) is 6.30. The molecule has 0 radical (unpaired) electrons. The molecule has 4 aromatic carbocycles. The van der Waals surface area contributed by atoms with Crippen LogP contribution in [0.2, 0.25) is 0 Å². The summed E-state index contributed by atoms with van der Waals surface area (Å²) < 4.78 is 10.1. The molecule has 0 aliphatic rings. The molecule has 2 heterocycles. The molecule has 2 aromatic heterocycles. The van der Waals surface area contributed by atoms with Gasteiger partial charge in [0.15, 0.2) is 0 Å². The van der Waals surface area contributed by atoms with Crippen molar-refractivity contribution in [1.82, 2.24) is 14.6 Å². The molecule has 0 saturated heterocycles. The minimum atomic E-state index is -0.622. The van der Waals surface area contributed by atoms with Crippen LogP contribution in [-0.2, 0) is 17.8 Å². The van der Waals surface area contributed by atoms with E-state index in [9.17, 15) is 4.79 Å². The largest absolute Gasteiger partial charge is 0.443 e. The number of para-hydroxylation sites is 2. The van der Waals surface area contributed by atoms with Gasteiger partial charge in [0.1, 0.15) is 5.60 Å². The molecule has 44 heavy (non-hydrogen) atoms. The molecule has 0 saturated carbocycles. The summed E-state index contributed by atoms with van der Waals surface area (Å²) >= 11 is 0. The molecule has 0 aliphatic heterocycles. The Kier molecular flexibility index (Phi) is 8.07. The number of hydrazone groups is 1. The molecule has 0 atom stereocenters. The second kappa shape index (κ2) is 12.3. The Morgan fingerprint density at radius 3 is 1.59 bits per heavy atom. The summed E-state index contributed by atoms with van der Waals surface area (Å²) in [5.74, 6) is -0.228. The fourth-order valence-electron chi connectivity index (χ4n) is 5.95. The van der Waals surface area contributed by atoms with Crippen molar-refractivity contribution in [3.05, 3.63) is 144 Å². The van der Waals surface area contributed by atoms with Crippen LogP contribution in [0.3, 0.4) is 0 Å². The molecule has 6 aromatic rings. The molecule has 0 fully saturated rings. The number of ether oxygens (including phenoxy) is 1. The smallest absolute Gasteiger partial charge is 0.428 e. The van der Waals surface area contributed by atoms with Crippen molar-refractivity contribution < 1.29 is 9.53 Å². The van der Waals surface area contributed by atoms with Crippen molar-refractivity contribution >= 4 is 33.6 Å². The summed E-state index contributed by atoms with van der Waals surface area (Å²) in [5.41, 5.74) is 9.83. The van der Waals surface area contributed by atoms with Crippen LogP contribution in [0.25, 0.3) is 21.8 Å². The van der Waals surface area contributed by atoms with Crippen molar-refractivity contribution in [1.29, 1.82) is 0 Å². The Labute approximate surface area is 258 Å². The van der Waals surface area contributed by atoms with Crippen LogP contribution in [0.15, 0.2) is 127 Å². The first-order valence-electron chi connectivity index (χ1n) is 15.0. The Balaban J connectivity index is 1.51. The van der Waals surface area contributed by atoms with Gasteiger partial charge in [-0.25, -0.2) is 10.2 Å². The molecule has 6 rings (SSSR count). The van der Waals surface area contributed by atoms with Gasteiger partial charge in [-0.1, -0.05) is 97.1 Å². The Bertz CT molecular complexity index is 1810. The van der Waals surface area contributed by atoms with Gasteiger partial charge in [0.05, 0.1) is 5.92 Å². The van der Waals surface area contributed by atoms with Crippen LogP contribution >= 0.6 is 0 Å². The zero-order chi connectivity index (χ0) is 30.7. The summed E-state index contributed by atoms with van der Waals surface area (Å²) in [7, 11) is 0. The highest BCUT2D eigenvalue weighted by Crippen LogP contribution is 2.38. The van der Waals surface area contributed by atoms with Gasteiger partial charge < -0.3 is 13.9 Å². The zero-order valence-electron chi connectivity index (χ0n) is 25.7. The number of hydrogen-bond donors (Lipinski definition) is 1. The van der Waals surface area contributed by atoms with Gasteiger partial charge in [-0.05, 0) is 62.1 Å². The Hall–Kier alpha value is -5.10. The molecule has 6 heteroatoms. The van der Waals surface area contributed by atoms with Crippen LogP contribution in [0, 0.1) is 0 Å². The number of carbonyl (C=O) groups excluding carboxylic acids is 1. The van der Waals surface area contributed by atoms with Crippen LogP contribution in [0.4, 0.5) is 4.79 Å². The molecular weight excluding hydrogens is 544 g/mol. The fourth-order valence-corrected chi connectivity index (χ4v) is 5.95. The highest BCUT2D eigenvalue weighted by atomic mass is 16.6. The predicted molar refractivity (Wildman–Crippen MR) is 179 cm³/mol. The van der Waals surface area contributed by atoms with Crippen LogP contribution < -0.4 is 5.43 Å². The lowest BCUT2D eigenvalue weighted by molar-refractivity contribution is 0.0529. The van der Waals surface area contributed by atoms with Gasteiger partial charge in [0.25, 0.3) is 0 Å². The summed E-state index contributed by atoms with van der Waals surface area (Å²) in [6.07, 6.45) is 3.92. The molecule has 0 bridgehead atoms. The van der Waals surface area contributed by atoms with Gasteiger partial charge >= 0.3 is 6.09 Å². The first-order valence-corrected chi connectivity index (χ1v) is 15.0. The maximum atomic E-state index is 12.6. The first-order chi connectivity index (χ1) is 21.3. The van der Waals surface area contributed by atoms with Gasteiger partial charge in [-0.2, -0.15) is 5.10 Å². The lowest BCUT2D eigenvalue weighted by atomic mass is 9.87. The van der Waals surface area contributed by atoms with Gasteiger partial charge in [-0.15, -0.1) is 0 Å². The maximum absolute atomic E-state index is 12.6. The van der Waals surface area contributed by atoms with E-state index < -0.39 is 11.7 Å². The molecular formula is C38H38N4O2. The van der Waals surface area contributed by atoms with Crippen molar-refractivity contribution in [3.8, 4) is 0 Å². The lowest BCUT2D eigenvalue weighted by Gasteiger charge is -2.20. The van der Waals surface area contributed by atoms with Gasteiger partial charge in [0, 0.05) is 53.0 Å². The standard InChI is InChI=1S/C38H38N4O2/c1-27(39-40-37(43)44-38(2,3)4)36(32-25-41(23-28-15-7-5-8-16-28)34-21-13-11-19-30(32)34)33-26-42(24-29-17-9-6-10-18-29)35-22-14-12-20-31(33)35/h5-22,25-26,36H,23-24H2,1-4H3,(H,40,43)/b39-27-. The molecule has 1 N–H and O–H groups in total. The first kappa shape index (κ1) is 29.0. The number of carbonyl (C=O) groups is 1. The molecule has 0 unspecified atom stereocenters. The SMILES string of the molecule is C/C(=N/NC(=O)OC(C)(C)C)C(c1cn(Cc2ccccc2)c2ccccc12)c1cn(Cc2ccccc2)c2ccccc12. The van der Waals surface area contributed by atoms with Crippen LogP contribution in [-0.4, -0.2) is 26.5 Å². The van der Waals surface area contributed by atoms with E-state index in [1.165, 1.54) is 11.1 Å². The second-order valence-electron chi connectivity index (χ2n) is 12.2. The quantitative estimate of drug-likeness (QED) is 0.144. The lowest BCUT2D eigenvalue weighted by Crippen LogP contribution is -2.30. The highest BCUT2D eigenvalue weighted by Gasteiger charge is 2.27. The van der Waals surface area contributed by atoms with E-state index in [1.54, 1.807) is 0 Å². The number of nitrogens with one attached hydrogen (secondary N) is 1. The normalized spacial score (nSPS) is 12.2. The highest BCUT2D eigenvalue weighted by molar-refractivity contribution is 6.01. The minimum Gasteiger partial charge on any atom is -0.443 e. The van der Waals surface area contributed by atoms with Crippen molar-refractivity contribution in [2.75, 3.05) is 0 Å². The summed E-state index contributed by atoms with van der Waals surface area (Å²) in [5, 5.41) is 6.94. The van der Waals surface area contributed by atoms with E-state index in [1.807, 2.05) is 39.8 Å². The maximum Gasteiger partial charge on any atom is 0.428 e. The predicted octanol–water partition coefficient (Wildman–Crippen LogP) is 8.73. The van der Waals surface area contributed by atoms with E-state index in [2.05, 4.69) is 129 Å². The average molecular weight is 583 g/mol. The summed E-state index contributed by atoms with van der Waals surface area (Å²) in [6, 6.07) is 38.0. The summed E-state index contributed by atoms with van der Waals surface area (Å²) in [4.78, 5) is 12.6. The number of nitrogens with zero attached hydrogens (tertiary/aromatic N) is 3. The zero-order valence-corrected chi connectivity index (χ0v) is 25.7. The molecule has 1 amide bonds. The number of rotatable bonds is 8. The topological polar surface area (TPSA) is 60.5 Å². The summed E-state index contributed by atoms with van der Waals surface area (Å²) in [6.45, 7) is 9.00. The third-order valence-electron chi connectivity index (χ3n) is 7.79. The van der Waals surface area contributed by atoms with Crippen molar-refractivity contribution in [2.45, 2.75) is 52.3 Å². The van der Waals surface area contributed by atoms with Gasteiger partial charge in [0.2, 0.25) is 0 Å². The average Bonchev–Trinajstić information content (AvgIpc) is 3.55.